The lowest BCUT2D eigenvalue weighted by Crippen LogP contribution is -2.16. The van der Waals surface area contributed by atoms with Crippen molar-refractivity contribution >= 4 is 27.3 Å². The Hall–Kier alpha value is -4.31. The van der Waals surface area contributed by atoms with Crippen LogP contribution in [0.25, 0.3) is 0 Å². The van der Waals surface area contributed by atoms with E-state index in [-0.39, 0.29) is 28.7 Å². The number of phenols is 1. The van der Waals surface area contributed by atoms with Gasteiger partial charge in [0, 0.05) is 23.7 Å². The molecule has 39 heavy (non-hydrogen) atoms. The van der Waals surface area contributed by atoms with Crippen molar-refractivity contribution in [3.05, 3.63) is 95.7 Å². The van der Waals surface area contributed by atoms with Gasteiger partial charge in [0.25, 0.3) is 10.0 Å². The first-order valence-corrected chi connectivity index (χ1v) is 14.1. The maximum Gasteiger partial charge on any atom is 0.263 e. The molecule has 4 aromatic rings. The van der Waals surface area contributed by atoms with Crippen LogP contribution in [0.15, 0.2) is 88.3 Å². The number of anilines is 2. The number of aromatic nitrogens is 1. The summed E-state index contributed by atoms with van der Waals surface area (Å²) in [7, 11) is -3.86. The van der Waals surface area contributed by atoms with Crippen molar-refractivity contribution in [2.24, 2.45) is 0 Å². The summed E-state index contributed by atoms with van der Waals surface area (Å²) in [5.74, 6) is 1.32. The number of sulfonamides is 1. The van der Waals surface area contributed by atoms with Gasteiger partial charge in [-0.15, -0.1) is 0 Å². The first-order valence-electron chi connectivity index (χ1n) is 12.6. The number of carbonyl (C=O) groups excluding carboxylic acids is 1. The third kappa shape index (κ3) is 7.61. The zero-order chi connectivity index (χ0) is 27.8. The van der Waals surface area contributed by atoms with E-state index in [1.807, 2.05) is 24.3 Å². The van der Waals surface area contributed by atoms with E-state index < -0.39 is 16.1 Å². The smallest absolute Gasteiger partial charge is 0.263 e. The van der Waals surface area contributed by atoms with E-state index >= 15 is 0 Å². The Morgan fingerprint density at radius 1 is 1.03 bits per heavy atom. The van der Waals surface area contributed by atoms with E-state index in [2.05, 4.69) is 22.1 Å². The van der Waals surface area contributed by atoms with Crippen LogP contribution in [-0.2, 0) is 10.0 Å². The standard InChI is InChI=1S/C29H31N3O6S/c1-3-4-17-37-25-13-7-21(8-14-25)27(19-28(34)22-5-11-24(33)12-6-22)30-23-9-15-26(16-10-23)39(35,36)32-29-18-20(2)38-31-29/h5-16,18,27,30,33H,3-4,17,19H2,1-2H3,(H,31,32). The molecule has 10 heteroatoms. The Morgan fingerprint density at radius 2 is 1.72 bits per heavy atom. The van der Waals surface area contributed by atoms with Crippen molar-refractivity contribution in [2.75, 3.05) is 16.6 Å². The summed E-state index contributed by atoms with van der Waals surface area (Å²) >= 11 is 0. The number of hydrogen-bond acceptors (Lipinski definition) is 8. The average molecular weight is 550 g/mol. The van der Waals surface area contributed by atoms with Gasteiger partial charge in [-0.1, -0.05) is 30.6 Å². The summed E-state index contributed by atoms with van der Waals surface area (Å²) in [6.07, 6.45) is 2.14. The number of carbonyl (C=O) groups is 1. The van der Waals surface area contributed by atoms with Gasteiger partial charge in [-0.25, -0.2) is 8.42 Å². The number of ether oxygens (including phenoxy) is 1. The Labute approximate surface area is 227 Å². The van der Waals surface area contributed by atoms with Gasteiger partial charge < -0.3 is 19.7 Å². The number of hydrogen-bond donors (Lipinski definition) is 3. The van der Waals surface area contributed by atoms with Gasteiger partial charge in [-0.2, -0.15) is 0 Å². The van der Waals surface area contributed by atoms with E-state index in [1.165, 1.54) is 30.3 Å². The SMILES string of the molecule is CCCCOc1ccc(C(CC(=O)c2ccc(O)cc2)Nc2ccc(S(=O)(=O)Nc3cc(C)on3)cc2)cc1. The summed E-state index contributed by atoms with van der Waals surface area (Å²) in [6.45, 7) is 4.40. The fourth-order valence-corrected chi connectivity index (χ4v) is 4.86. The summed E-state index contributed by atoms with van der Waals surface area (Å²) in [4.78, 5) is 13.1. The molecule has 0 spiro atoms. The Bertz CT molecular complexity index is 1480. The van der Waals surface area contributed by atoms with Gasteiger partial charge in [-0.3, -0.25) is 9.52 Å². The van der Waals surface area contributed by atoms with E-state index in [9.17, 15) is 18.3 Å². The van der Waals surface area contributed by atoms with Crippen LogP contribution in [0.4, 0.5) is 11.5 Å². The number of ketones is 1. The molecule has 0 radical (unpaired) electrons. The highest BCUT2D eigenvalue weighted by molar-refractivity contribution is 7.92. The second-order valence-electron chi connectivity index (χ2n) is 9.09. The molecule has 0 aliphatic carbocycles. The second kappa shape index (κ2) is 12.5. The predicted octanol–water partition coefficient (Wildman–Crippen LogP) is 6.09. The molecular weight excluding hydrogens is 518 g/mol. The minimum Gasteiger partial charge on any atom is -0.508 e. The largest absolute Gasteiger partial charge is 0.508 e. The lowest BCUT2D eigenvalue weighted by atomic mass is 9.97. The zero-order valence-corrected chi connectivity index (χ0v) is 22.6. The molecule has 1 unspecified atom stereocenters. The third-order valence-electron chi connectivity index (χ3n) is 6.00. The number of aryl methyl sites for hydroxylation is 1. The van der Waals surface area contributed by atoms with E-state index in [0.717, 1.165) is 24.2 Å². The van der Waals surface area contributed by atoms with Crippen molar-refractivity contribution < 1.29 is 27.6 Å². The van der Waals surface area contributed by atoms with E-state index in [1.54, 1.807) is 31.2 Å². The van der Waals surface area contributed by atoms with Gasteiger partial charge in [0.1, 0.15) is 17.3 Å². The van der Waals surface area contributed by atoms with Gasteiger partial charge in [0.2, 0.25) is 0 Å². The van der Waals surface area contributed by atoms with Crippen molar-refractivity contribution in [2.45, 2.75) is 44.0 Å². The molecule has 0 saturated heterocycles. The quantitative estimate of drug-likeness (QED) is 0.135. The Balaban J connectivity index is 1.52. The normalized spacial score (nSPS) is 12.1. The molecule has 0 aliphatic heterocycles. The summed E-state index contributed by atoms with van der Waals surface area (Å²) in [5.41, 5.74) is 1.98. The number of unbranched alkanes of at least 4 members (excludes halogenated alkanes) is 1. The van der Waals surface area contributed by atoms with Crippen LogP contribution in [0.5, 0.6) is 11.5 Å². The highest BCUT2D eigenvalue weighted by atomic mass is 32.2. The molecule has 0 bridgehead atoms. The van der Waals surface area contributed by atoms with Crippen molar-refractivity contribution in [1.82, 2.24) is 5.16 Å². The number of benzene rings is 3. The number of aromatic hydroxyl groups is 1. The first kappa shape index (κ1) is 27.7. The number of nitrogens with zero attached hydrogens (tertiary/aromatic N) is 1. The molecule has 1 heterocycles. The van der Waals surface area contributed by atoms with Crippen LogP contribution in [0, 0.1) is 6.92 Å². The van der Waals surface area contributed by atoms with Crippen LogP contribution in [0.2, 0.25) is 0 Å². The average Bonchev–Trinajstić information content (AvgIpc) is 3.33. The summed E-state index contributed by atoms with van der Waals surface area (Å²) in [5, 5.41) is 16.6. The maximum absolute atomic E-state index is 13.1. The van der Waals surface area contributed by atoms with Crippen molar-refractivity contribution in [1.29, 1.82) is 0 Å². The lowest BCUT2D eigenvalue weighted by Gasteiger charge is -2.21. The molecule has 0 fully saturated rings. The second-order valence-corrected chi connectivity index (χ2v) is 10.8. The summed E-state index contributed by atoms with van der Waals surface area (Å²) < 4.78 is 38.5. The predicted molar refractivity (Wildman–Crippen MR) is 149 cm³/mol. The zero-order valence-electron chi connectivity index (χ0n) is 21.8. The molecule has 3 N–H and O–H groups in total. The minimum absolute atomic E-state index is 0.0546. The monoisotopic (exact) mass is 549 g/mol. The van der Waals surface area contributed by atoms with Gasteiger partial charge in [-0.05, 0) is 79.6 Å². The molecule has 1 atom stereocenters. The Kier molecular flexibility index (Phi) is 8.88. The molecule has 204 valence electrons. The first-order chi connectivity index (χ1) is 18.7. The van der Waals surface area contributed by atoms with Crippen molar-refractivity contribution in [3.8, 4) is 11.5 Å². The van der Waals surface area contributed by atoms with Gasteiger partial charge in [0.05, 0.1) is 17.5 Å². The third-order valence-corrected chi connectivity index (χ3v) is 7.37. The molecule has 9 nitrogen and oxygen atoms in total. The van der Waals surface area contributed by atoms with Crippen LogP contribution in [-0.4, -0.2) is 31.1 Å². The molecule has 0 aliphatic rings. The molecule has 4 rings (SSSR count). The molecular formula is C29H31N3O6S. The fraction of sp³-hybridized carbons (Fsp3) is 0.241. The van der Waals surface area contributed by atoms with Crippen molar-refractivity contribution in [3.63, 3.8) is 0 Å². The van der Waals surface area contributed by atoms with Gasteiger partial charge >= 0.3 is 0 Å². The highest BCUT2D eigenvalue weighted by Crippen LogP contribution is 2.28. The van der Waals surface area contributed by atoms with Crippen LogP contribution >= 0.6 is 0 Å². The van der Waals surface area contributed by atoms with Crippen LogP contribution < -0.4 is 14.8 Å². The topological polar surface area (TPSA) is 131 Å². The van der Waals surface area contributed by atoms with Gasteiger partial charge in [0.15, 0.2) is 11.6 Å². The molecule has 0 saturated carbocycles. The minimum atomic E-state index is -3.86. The summed E-state index contributed by atoms with van der Waals surface area (Å²) in [6, 6.07) is 21.0. The Morgan fingerprint density at radius 3 is 2.33 bits per heavy atom. The number of phenolic OH excluding ortho intramolecular Hbond substituents is 1. The lowest BCUT2D eigenvalue weighted by molar-refractivity contribution is 0.0976. The maximum atomic E-state index is 13.1. The van der Waals surface area contributed by atoms with E-state index in [4.69, 9.17) is 9.26 Å². The highest BCUT2D eigenvalue weighted by Gasteiger charge is 2.20. The van der Waals surface area contributed by atoms with E-state index in [0.29, 0.717) is 23.6 Å². The van der Waals surface area contributed by atoms with Crippen LogP contribution in [0.3, 0.4) is 0 Å². The molecule has 0 amide bonds. The molecule has 1 aromatic heterocycles. The number of rotatable bonds is 13. The number of Topliss-reactive ketones (excluding diaryl/α,β-unsaturated/α-hetero) is 1. The number of nitrogens with one attached hydrogen (secondary N) is 2. The van der Waals surface area contributed by atoms with Crippen LogP contribution in [0.1, 0.15) is 53.9 Å². The molecule has 3 aromatic carbocycles. The fourth-order valence-electron chi connectivity index (χ4n) is 3.88.